The van der Waals surface area contributed by atoms with Gasteiger partial charge < -0.3 is 9.47 Å². The van der Waals surface area contributed by atoms with Crippen molar-refractivity contribution < 1.29 is 9.47 Å². The van der Waals surface area contributed by atoms with Crippen molar-refractivity contribution in [3.63, 3.8) is 0 Å². The fourth-order valence-electron chi connectivity index (χ4n) is 2.78. The molecule has 0 N–H and O–H groups in total. The van der Waals surface area contributed by atoms with Crippen molar-refractivity contribution in [2.24, 2.45) is 0 Å². The van der Waals surface area contributed by atoms with Gasteiger partial charge in [0.1, 0.15) is 5.01 Å². The van der Waals surface area contributed by atoms with Crippen LogP contribution in [0, 0.1) is 0 Å². The molecule has 0 bridgehead atoms. The molecule has 2 heterocycles. The second kappa shape index (κ2) is 6.53. The molecule has 124 valence electrons. The third-order valence-electron chi connectivity index (χ3n) is 3.99. The Kier molecular flexibility index (Phi) is 4.07. The summed E-state index contributed by atoms with van der Waals surface area (Å²) < 4.78 is 11.9. The summed E-state index contributed by atoms with van der Waals surface area (Å²) in [6.45, 7) is 0. The minimum atomic E-state index is 0.681. The van der Waals surface area contributed by atoms with Gasteiger partial charge in [-0.3, -0.25) is 4.98 Å². The van der Waals surface area contributed by atoms with Gasteiger partial charge in [0.25, 0.3) is 0 Å². The lowest BCUT2D eigenvalue weighted by Gasteiger charge is -2.11. The number of thiazole rings is 1. The average Bonchev–Trinajstić information content (AvgIpc) is 3.11. The van der Waals surface area contributed by atoms with E-state index in [0.717, 1.165) is 27.3 Å². The lowest BCUT2D eigenvalue weighted by Crippen LogP contribution is -1.93. The van der Waals surface area contributed by atoms with E-state index >= 15 is 0 Å². The zero-order valence-corrected chi connectivity index (χ0v) is 14.7. The molecule has 0 amide bonds. The van der Waals surface area contributed by atoms with Crippen LogP contribution in [-0.2, 0) is 0 Å². The Bertz CT molecular complexity index is 1010. The van der Waals surface area contributed by atoms with Gasteiger partial charge >= 0.3 is 0 Å². The van der Waals surface area contributed by atoms with Crippen LogP contribution < -0.4 is 9.47 Å². The molecule has 0 saturated carbocycles. The number of ether oxygens (including phenoxy) is 2. The molecule has 4 rings (SSSR count). The molecule has 4 aromatic rings. The fraction of sp³-hybridized carbons (Fsp3) is 0.100. The van der Waals surface area contributed by atoms with Gasteiger partial charge in [0.2, 0.25) is 0 Å². The van der Waals surface area contributed by atoms with Crippen molar-refractivity contribution in [2.45, 2.75) is 0 Å². The van der Waals surface area contributed by atoms with E-state index in [-0.39, 0.29) is 0 Å². The van der Waals surface area contributed by atoms with E-state index in [9.17, 15) is 0 Å². The summed E-state index contributed by atoms with van der Waals surface area (Å²) in [7, 11) is 3.26. The van der Waals surface area contributed by atoms with Crippen LogP contribution in [-0.4, -0.2) is 24.2 Å². The highest BCUT2D eigenvalue weighted by Crippen LogP contribution is 2.38. The van der Waals surface area contributed by atoms with Crippen LogP contribution in [0.15, 0.2) is 60.8 Å². The molecule has 0 radical (unpaired) electrons. The summed E-state index contributed by atoms with van der Waals surface area (Å²) in [6.07, 6.45) is 1.79. The molecule has 0 saturated heterocycles. The fourth-order valence-corrected chi connectivity index (χ4v) is 3.77. The molecular weight excluding hydrogens is 332 g/mol. The number of rotatable bonds is 4. The van der Waals surface area contributed by atoms with Gasteiger partial charge in [0.15, 0.2) is 11.5 Å². The Labute approximate surface area is 149 Å². The van der Waals surface area contributed by atoms with Gasteiger partial charge in [-0.1, -0.05) is 12.1 Å². The summed E-state index contributed by atoms with van der Waals surface area (Å²) >= 11 is 1.67. The first-order valence-corrected chi connectivity index (χ1v) is 8.65. The van der Waals surface area contributed by atoms with E-state index in [0.29, 0.717) is 11.5 Å². The Hall–Kier alpha value is -2.92. The first kappa shape index (κ1) is 15.6. The summed E-state index contributed by atoms with van der Waals surface area (Å²) in [5.41, 5.74) is 3.86. The topological polar surface area (TPSA) is 44.2 Å². The van der Waals surface area contributed by atoms with Crippen molar-refractivity contribution in [1.82, 2.24) is 9.97 Å². The van der Waals surface area contributed by atoms with Crippen LogP contribution in [0.25, 0.3) is 32.0 Å². The van der Waals surface area contributed by atoms with Crippen LogP contribution in [0.1, 0.15) is 0 Å². The number of methoxy groups -OCH3 is 2. The van der Waals surface area contributed by atoms with Gasteiger partial charge in [-0.2, -0.15) is 0 Å². The second-order valence-corrected chi connectivity index (χ2v) is 6.49. The number of para-hydroxylation sites is 1. The largest absolute Gasteiger partial charge is 0.493 e. The Balaban J connectivity index is 1.87. The minimum absolute atomic E-state index is 0.681. The summed E-state index contributed by atoms with van der Waals surface area (Å²) in [5.74, 6) is 1.38. The molecule has 0 atom stereocenters. The van der Waals surface area contributed by atoms with E-state index in [1.165, 1.54) is 4.70 Å². The predicted octanol–water partition coefficient (Wildman–Crippen LogP) is 5.04. The average molecular weight is 348 g/mol. The molecule has 4 nitrogen and oxygen atoms in total. The first-order chi connectivity index (χ1) is 12.3. The number of pyridine rings is 1. The maximum atomic E-state index is 5.43. The number of nitrogens with zero attached hydrogens (tertiary/aromatic N) is 2. The number of aromatic nitrogens is 2. The molecule has 2 aromatic heterocycles. The minimum Gasteiger partial charge on any atom is -0.493 e. The monoisotopic (exact) mass is 348 g/mol. The van der Waals surface area contributed by atoms with Crippen LogP contribution in [0.2, 0.25) is 0 Å². The van der Waals surface area contributed by atoms with E-state index in [1.54, 1.807) is 31.8 Å². The normalized spacial score (nSPS) is 10.8. The number of hydrogen-bond donors (Lipinski definition) is 0. The van der Waals surface area contributed by atoms with Crippen LogP contribution in [0.5, 0.6) is 11.5 Å². The van der Waals surface area contributed by atoms with Gasteiger partial charge in [-0.25, -0.2) is 4.98 Å². The highest BCUT2D eigenvalue weighted by Gasteiger charge is 2.14. The standard InChI is InChI=1S/C20H16N2O2S/c1-23-16-10-9-13(12-17(16)24-2)19-14(6-5-11-21-19)20-22-15-7-3-4-8-18(15)25-20/h3-12H,1-2H3. The molecular formula is C20H16N2O2S. The second-order valence-electron chi connectivity index (χ2n) is 5.46. The highest BCUT2D eigenvalue weighted by molar-refractivity contribution is 7.21. The predicted molar refractivity (Wildman–Crippen MR) is 101 cm³/mol. The molecule has 0 aliphatic rings. The number of benzene rings is 2. The Morgan fingerprint density at radius 2 is 1.72 bits per heavy atom. The van der Waals surface area contributed by atoms with Crippen LogP contribution in [0.3, 0.4) is 0 Å². The molecule has 0 aliphatic carbocycles. The highest BCUT2D eigenvalue weighted by atomic mass is 32.1. The lowest BCUT2D eigenvalue weighted by molar-refractivity contribution is 0.355. The van der Waals surface area contributed by atoms with Crippen molar-refractivity contribution in [3.8, 4) is 33.3 Å². The van der Waals surface area contributed by atoms with Crippen molar-refractivity contribution in [1.29, 1.82) is 0 Å². The molecule has 0 aliphatic heterocycles. The zero-order valence-electron chi connectivity index (χ0n) is 13.9. The SMILES string of the molecule is COc1ccc(-c2ncccc2-c2nc3ccccc3s2)cc1OC. The van der Waals surface area contributed by atoms with Gasteiger partial charge in [-0.15, -0.1) is 11.3 Å². The van der Waals surface area contributed by atoms with Crippen molar-refractivity contribution in [3.05, 3.63) is 60.8 Å². The third-order valence-corrected chi connectivity index (χ3v) is 5.06. The summed E-state index contributed by atoms with van der Waals surface area (Å²) in [4.78, 5) is 9.36. The van der Waals surface area contributed by atoms with Gasteiger partial charge in [0, 0.05) is 17.3 Å². The number of fused-ring (bicyclic) bond motifs is 1. The van der Waals surface area contributed by atoms with Crippen molar-refractivity contribution in [2.75, 3.05) is 14.2 Å². The van der Waals surface area contributed by atoms with Crippen LogP contribution >= 0.6 is 11.3 Å². The van der Waals surface area contributed by atoms with E-state index in [4.69, 9.17) is 14.5 Å². The maximum Gasteiger partial charge on any atom is 0.161 e. The van der Waals surface area contributed by atoms with E-state index in [2.05, 4.69) is 17.1 Å². The van der Waals surface area contributed by atoms with Gasteiger partial charge in [-0.05, 0) is 42.5 Å². The third kappa shape index (κ3) is 2.83. The quantitative estimate of drug-likeness (QED) is 0.518. The zero-order chi connectivity index (χ0) is 17.2. The Morgan fingerprint density at radius 1 is 0.880 bits per heavy atom. The Morgan fingerprint density at radius 3 is 2.52 bits per heavy atom. The van der Waals surface area contributed by atoms with E-state index < -0.39 is 0 Å². The van der Waals surface area contributed by atoms with Crippen LogP contribution in [0.4, 0.5) is 0 Å². The van der Waals surface area contributed by atoms with Gasteiger partial charge in [0.05, 0.1) is 30.1 Å². The maximum absolute atomic E-state index is 5.43. The van der Waals surface area contributed by atoms with E-state index in [1.807, 2.05) is 42.5 Å². The molecule has 0 spiro atoms. The molecule has 2 aromatic carbocycles. The molecule has 25 heavy (non-hydrogen) atoms. The van der Waals surface area contributed by atoms with Crippen molar-refractivity contribution >= 4 is 21.6 Å². The number of hydrogen-bond acceptors (Lipinski definition) is 5. The summed E-state index contributed by atoms with van der Waals surface area (Å²) in [5, 5.41) is 0.957. The summed E-state index contributed by atoms with van der Waals surface area (Å²) in [6, 6.07) is 18.0. The smallest absolute Gasteiger partial charge is 0.161 e. The molecule has 5 heteroatoms. The first-order valence-electron chi connectivity index (χ1n) is 7.83. The lowest BCUT2D eigenvalue weighted by atomic mass is 10.1. The molecule has 0 fully saturated rings. The molecule has 0 unspecified atom stereocenters.